The van der Waals surface area contributed by atoms with Gasteiger partial charge in [-0.15, -0.1) is 0 Å². The largest absolute Gasteiger partial charge is 0.508 e. The second-order valence-electron chi connectivity index (χ2n) is 5.23. The highest BCUT2D eigenvalue weighted by Crippen LogP contribution is 2.20. The van der Waals surface area contributed by atoms with E-state index in [1.165, 1.54) is 24.3 Å². The summed E-state index contributed by atoms with van der Waals surface area (Å²) >= 11 is 0. The van der Waals surface area contributed by atoms with Crippen molar-refractivity contribution in [2.75, 3.05) is 6.61 Å². The van der Waals surface area contributed by atoms with Crippen molar-refractivity contribution in [3.8, 4) is 17.2 Å². The summed E-state index contributed by atoms with van der Waals surface area (Å²) < 4.78 is 10.9. The van der Waals surface area contributed by atoms with Crippen LogP contribution in [0.1, 0.15) is 30.6 Å². The molecule has 0 spiro atoms. The van der Waals surface area contributed by atoms with Crippen LogP contribution in [0.2, 0.25) is 0 Å². The quantitative estimate of drug-likeness (QED) is 0.646. The van der Waals surface area contributed by atoms with Gasteiger partial charge in [0, 0.05) is 0 Å². The molecule has 0 fully saturated rings. The summed E-state index contributed by atoms with van der Waals surface area (Å²) in [6.45, 7) is 4.93. The first-order chi connectivity index (χ1) is 10.6. The Balaban J connectivity index is 1.93. The fraction of sp³-hybridized carbons (Fsp3) is 0.278. The third kappa shape index (κ3) is 4.52. The van der Waals surface area contributed by atoms with Crippen molar-refractivity contribution >= 4 is 5.97 Å². The lowest BCUT2D eigenvalue weighted by Crippen LogP contribution is -2.09. The van der Waals surface area contributed by atoms with Crippen LogP contribution in [0, 0.1) is 5.92 Å². The zero-order valence-corrected chi connectivity index (χ0v) is 12.8. The van der Waals surface area contributed by atoms with Crippen LogP contribution in [0.25, 0.3) is 0 Å². The molecule has 2 aromatic rings. The van der Waals surface area contributed by atoms with Crippen LogP contribution in [0.4, 0.5) is 0 Å². The molecule has 0 bridgehead atoms. The summed E-state index contributed by atoms with van der Waals surface area (Å²) in [6.07, 6.45) is 1.07. The van der Waals surface area contributed by atoms with Crippen LogP contribution in [-0.4, -0.2) is 17.7 Å². The number of hydrogen-bond acceptors (Lipinski definition) is 4. The van der Waals surface area contributed by atoms with Crippen LogP contribution in [0.5, 0.6) is 17.2 Å². The summed E-state index contributed by atoms with van der Waals surface area (Å²) in [4.78, 5) is 11.9. The monoisotopic (exact) mass is 300 g/mol. The summed E-state index contributed by atoms with van der Waals surface area (Å²) in [5, 5.41) is 9.20. The van der Waals surface area contributed by atoms with Crippen LogP contribution in [0.15, 0.2) is 48.5 Å². The first-order valence-corrected chi connectivity index (χ1v) is 7.32. The van der Waals surface area contributed by atoms with Gasteiger partial charge in [0.25, 0.3) is 0 Å². The molecule has 0 aromatic heterocycles. The Labute approximate surface area is 130 Å². The molecule has 1 unspecified atom stereocenters. The molecule has 0 saturated carbocycles. The fourth-order valence-electron chi connectivity index (χ4n) is 1.72. The highest BCUT2D eigenvalue weighted by Gasteiger charge is 2.08. The normalized spacial score (nSPS) is 11.7. The number of hydrogen-bond donors (Lipinski definition) is 1. The number of rotatable bonds is 6. The third-order valence-corrected chi connectivity index (χ3v) is 3.37. The van der Waals surface area contributed by atoms with E-state index >= 15 is 0 Å². The molecule has 4 heteroatoms. The number of carbonyl (C=O) groups excluding carboxylic acids is 1. The van der Waals surface area contributed by atoms with Gasteiger partial charge >= 0.3 is 5.97 Å². The average Bonchev–Trinajstić information content (AvgIpc) is 2.54. The maximum absolute atomic E-state index is 11.9. The van der Waals surface area contributed by atoms with Gasteiger partial charge in [-0.1, -0.05) is 20.3 Å². The number of aromatic hydroxyl groups is 1. The van der Waals surface area contributed by atoms with Gasteiger partial charge in [0.1, 0.15) is 17.2 Å². The maximum atomic E-state index is 11.9. The van der Waals surface area contributed by atoms with Crippen molar-refractivity contribution in [2.45, 2.75) is 20.3 Å². The molecule has 4 nitrogen and oxygen atoms in total. The minimum atomic E-state index is -0.465. The zero-order valence-electron chi connectivity index (χ0n) is 12.8. The Morgan fingerprint density at radius 3 is 2.23 bits per heavy atom. The Kier molecular flexibility index (Phi) is 5.42. The van der Waals surface area contributed by atoms with Gasteiger partial charge < -0.3 is 14.6 Å². The van der Waals surface area contributed by atoms with Gasteiger partial charge in [-0.3, -0.25) is 0 Å². The lowest BCUT2D eigenvalue weighted by Gasteiger charge is -2.11. The lowest BCUT2D eigenvalue weighted by atomic mass is 10.1. The zero-order chi connectivity index (χ0) is 15.9. The van der Waals surface area contributed by atoms with Gasteiger partial charge in [-0.25, -0.2) is 4.79 Å². The predicted octanol–water partition coefficient (Wildman–Crippen LogP) is 4.04. The number of ether oxygens (including phenoxy) is 2. The molecule has 0 saturated heterocycles. The fourth-order valence-corrected chi connectivity index (χ4v) is 1.72. The van der Waals surface area contributed by atoms with Crippen molar-refractivity contribution in [2.24, 2.45) is 5.92 Å². The minimum Gasteiger partial charge on any atom is -0.508 e. The Morgan fingerprint density at radius 2 is 1.64 bits per heavy atom. The third-order valence-electron chi connectivity index (χ3n) is 3.37. The Bertz CT molecular complexity index is 602. The van der Waals surface area contributed by atoms with Crippen LogP contribution in [0.3, 0.4) is 0 Å². The first kappa shape index (κ1) is 15.9. The second kappa shape index (κ2) is 7.50. The van der Waals surface area contributed by atoms with Crippen LogP contribution >= 0.6 is 0 Å². The van der Waals surface area contributed by atoms with Crippen molar-refractivity contribution in [1.29, 1.82) is 0 Å². The molecule has 1 atom stereocenters. The molecule has 2 aromatic carbocycles. The SMILES string of the molecule is CCC(C)COc1ccc(OC(=O)c2ccc(O)cc2)cc1. The van der Waals surface area contributed by atoms with E-state index in [1.807, 2.05) is 0 Å². The smallest absolute Gasteiger partial charge is 0.343 e. The molecule has 0 heterocycles. The van der Waals surface area contributed by atoms with Gasteiger partial charge in [-0.05, 0) is 54.4 Å². The number of carbonyl (C=O) groups is 1. The predicted molar refractivity (Wildman–Crippen MR) is 84.5 cm³/mol. The molecule has 1 N–H and O–H groups in total. The van der Waals surface area contributed by atoms with Gasteiger partial charge in [0.2, 0.25) is 0 Å². The van der Waals surface area contributed by atoms with Crippen molar-refractivity contribution < 1.29 is 19.4 Å². The molecular weight excluding hydrogens is 280 g/mol. The summed E-state index contributed by atoms with van der Waals surface area (Å²) in [7, 11) is 0. The summed E-state index contributed by atoms with van der Waals surface area (Å²) in [6, 6.07) is 12.9. The number of phenolic OH excluding ortho intramolecular Hbond substituents is 1. The van der Waals surface area contributed by atoms with E-state index in [1.54, 1.807) is 24.3 Å². The highest BCUT2D eigenvalue weighted by molar-refractivity contribution is 5.91. The minimum absolute atomic E-state index is 0.111. The highest BCUT2D eigenvalue weighted by atomic mass is 16.5. The summed E-state index contributed by atoms with van der Waals surface area (Å²) in [5.74, 6) is 1.36. The lowest BCUT2D eigenvalue weighted by molar-refractivity contribution is 0.0734. The van der Waals surface area contributed by atoms with E-state index in [-0.39, 0.29) is 5.75 Å². The topological polar surface area (TPSA) is 55.8 Å². The molecule has 116 valence electrons. The van der Waals surface area contributed by atoms with Gasteiger partial charge in [0.15, 0.2) is 0 Å². The van der Waals surface area contributed by atoms with E-state index < -0.39 is 5.97 Å². The average molecular weight is 300 g/mol. The number of esters is 1. The van der Waals surface area contributed by atoms with Crippen molar-refractivity contribution in [3.05, 3.63) is 54.1 Å². The van der Waals surface area contributed by atoms with Crippen LogP contribution < -0.4 is 9.47 Å². The van der Waals surface area contributed by atoms with Gasteiger partial charge in [-0.2, -0.15) is 0 Å². The Morgan fingerprint density at radius 1 is 1.05 bits per heavy atom. The maximum Gasteiger partial charge on any atom is 0.343 e. The molecular formula is C18H20O4. The number of phenols is 1. The van der Waals surface area contributed by atoms with E-state index in [0.717, 1.165) is 12.2 Å². The summed E-state index contributed by atoms with van der Waals surface area (Å²) in [5.41, 5.74) is 0.384. The molecule has 0 aliphatic carbocycles. The van der Waals surface area contributed by atoms with E-state index in [2.05, 4.69) is 13.8 Å². The van der Waals surface area contributed by atoms with E-state index in [0.29, 0.717) is 23.8 Å². The molecule has 2 rings (SSSR count). The molecule has 0 radical (unpaired) electrons. The van der Waals surface area contributed by atoms with Crippen molar-refractivity contribution in [3.63, 3.8) is 0 Å². The number of benzene rings is 2. The first-order valence-electron chi connectivity index (χ1n) is 7.32. The standard InChI is InChI=1S/C18H20O4/c1-3-13(2)12-21-16-8-10-17(11-9-16)22-18(20)14-4-6-15(19)7-5-14/h4-11,13,19H,3,12H2,1-2H3. The van der Waals surface area contributed by atoms with Crippen LogP contribution in [-0.2, 0) is 0 Å². The van der Waals surface area contributed by atoms with Crippen molar-refractivity contribution in [1.82, 2.24) is 0 Å². The van der Waals surface area contributed by atoms with E-state index in [9.17, 15) is 9.90 Å². The molecule has 0 aliphatic rings. The Hall–Kier alpha value is -2.49. The van der Waals surface area contributed by atoms with Gasteiger partial charge in [0.05, 0.1) is 12.2 Å². The van der Waals surface area contributed by atoms with E-state index in [4.69, 9.17) is 9.47 Å². The molecule has 0 aliphatic heterocycles. The molecule has 0 amide bonds. The second-order valence-corrected chi connectivity index (χ2v) is 5.23. The molecule has 22 heavy (non-hydrogen) atoms.